The lowest BCUT2D eigenvalue weighted by Crippen LogP contribution is -2.19. The smallest absolute Gasteiger partial charge is 0.150 e. The number of hydrogen-bond acceptors (Lipinski definition) is 3. The Hall–Kier alpha value is -2.14. The van der Waals surface area contributed by atoms with Gasteiger partial charge in [-0.05, 0) is 31.4 Å². The predicted octanol–water partition coefficient (Wildman–Crippen LogP) is 2.72. The molecule has 0 fully saturated rings. The first-order chi connectivity index (χ1) is 10.2. The molecule has 110 valence electrons. The maximum Gasteiger partial charge on any atom is 0.150 e. The van der Waals surface area contributed by atoms with Crippen LogP contribution in [0.25, 0.3) is 10.9 Å². The summed E-state index contributed by atoms with van der Waals surface area (Å²) in [5.74, 6) is 1.81. The Morgan fingerprint density at radius 1 is 1.29 bits per heavy atom. The van der Waals surface area contributed by atoms with E-state index in [9.17, 15) is 0 Å². The Labute approximate surface area is 124 Å². The molecule has 2 aromatic heterocycles. The molecule has 5 heteroatoms. The van der Waals surface area contributed by atoms with Gasteiger partial charge in [-0.15, -0.1) is 10.2 Å². The van der Waals surface area contributed by atoms with Gasteiger partial charge in [-0.3, -0.25) is 0 Å². The highest BCUT2D eigenvalue weighted by atomic mass is 15.3. The molecule has 0 saturated carbocycles. The number of nitrogens with two attached hydrogens (primary N) is 1. The largest absolute Gasteiger partial charge is 0.361 e. The zero-order chi connectivity index (χ0) is 14.8. The Morgan fingerprint density at radius 2 is 2.10 bits per heavy atom. The van der Waals surface area contributed by atoms with E-state index in [4.69, 9.17) is 5.73 Å². The first kappa shape index (κ1) is 13.8. The van der Waals surface area contributed by atoms with Crippen molar-refractivity contribution >= 4 is 10.9 Å². The fraction of sp³-hybridized carbons (Fsp3) is 0.375. The number of aromatic nitrogens is 4. The summed E-state index contributed by atoms with van der Waals surface area (Å²) in [6, 6.07) is 8.14. The molecule has 3 aromatic rings. The molecule has 0 amide bonds. The number of rotatable bonds is 5. The number of benzene rings is 1. The minimum atomic E-state index is -0.142. The molecule has 0 aliphatic heterocycles. The van der Waals surface area contributed by atoms with Gasteiger partial charge in [-0.25, -0.2) is 0 Å². The maximum atomic E-state index is 6.38. The van der Waals surface area contributed by atoms with E-state index in [0.29, 0.717) is 0 Å². The van der Waals surface area contributed by atoms with Crippen molar-refractivity contribution in [3.63, 3.8) is 0 Å². The van der Waals surface area contributed by atoms with E-state index in [2.05, 4.69) is 44.9 Å². The van der Waals surface area contributed by atoms with Crippen LogP contribution in [-0.4, -0.2) is 19.7 Å². The van der Waals surface area contributed by atoms with Crippen LogP contribution in [0, 0.1) is 6.92 Å². The van der Waals surface area contributed by atoms with Crippen molar-refractivity contribution in [1.29, 1.82) is 0 Å². The molecular weight excluding hydrogens is 262 g/mol. The van der Waals surface area contributed by atoms with Crippen LogP contribution in [0.1, 0.15) is 36.6 Å². The molecule has 1 aromatic carbocycles. The molecule has 0 radical (unpaired) electrons. The predicted molar refractivity (Wildman–Crippen MR) is 84.0 cm³/mol. The summed E-state index contributed by atoms with van der Waals surface area (Å²) >= 11 is 0. The quantitative estimate of drug-likeness (QED) is 0.756. The van der Waals surface area contributed by atoms with Gasteiger partial charge in [0.1, 0.15) is 11.6 Å². The van der Waals surface area contributed by atoms with E-state index < -0.39 is 0 Å². The molecule has 21 heavy (non-hydrogen) atoms. The number of aromatic amines is 1. The lowest BCUT2D eigenvalue weighted by molar-refractivity contribution is 0.567. The van der Waals surface area contributed by atoms with Gasteiger partial charge in [0.05, 0.1) is 6.04 Å². The normalized spacial score (nSPS) is 12.9. The Kier molecular flexibility index (Phi) is 3.75. The molecule has 2 heterocycles. The summed E-state index contributed by atoms with van der Waals surface area (Å²) in [5.41, 5.74) is 8.75. The van der Waals surface area contributed by atoms with Gasteiger partial charge in [-0.2, -0.15) is 0 Å². The average molecular weight is 283 g/mol. The van der Waals surface area contributed by atoms with Gasteiger partial charge in [-0.1, -0.05) is 25.1 Å². The molecule has 0 bridgehead atoms. The minimum absolute atomic E-state index is 0.142. The molecule has 0 saturated heterocycles. The van der Waals surface area contributed by atoms with Gasteiger partial charge in [0, 0.05) is 23.6 Å². The number of aryl methyl sites for hydroxylation is 1. The summed E-state index contributed by atoms with van der Waals surface area (Å²) in [7, 11) is 0. The monoisotopic (exact) mass is 283 g/mol. The van der Waals surface area contributed by atoms with Crippen molar-refractivity contribution in [1.82, 2.24) is 19.7 Å². The van der Waals surface area contributed by atoms with E-state index in [-0.39, 0.29) is 6.04 Å². The van der Waals surface area contributed by atoms with Crippen molar-refractivity contribution < 1.29 is 0 Å². The lowest BCUT2D eigenvalue weighted by Gasteiger charge is -2.13. The fourth-order valence-electron chi connectivity index (χ4n) is 2.80. The van der Waals surface area contributed by atoms with Gasteiger partial charge in [0.2, 0.25) is 0 Å². The van der Waals surface area contributed by atoms with Crippen LogP contribution >= 0.6 is 0 Å². The van der Waals surface area contributed by atoms with E-state index in [0.717, 1.165) is 36.6 Å². The highest BCUT2D eigenvalue weighted by Gasteiger charge is 2.17. The fourth-order valence-corrected chi connectivity index (χ4v) is 2.80. The van der Waals surface area contributed by atoms with Gasteiger partial charge in [0.25, 0.3) is 0 Å². The van der Waals surface area contributed by atoms with Crippen LogP contribution in [0.4, 0.5) is 0 Å². The number of nitrogens with zero attached hydrogens (tertiary/aromatic N) is 3. The third-order valence-corrected chi connectivity index (χ3v) is 3.86. The molecular formula is C16H21N5. The first-order valence-corrected chi connectivity index (χ1v) is 7.41. The molecule has 5 nitrogen and oxygen atoms in total. The Bertz CT molecular complexity index is 740. The number of para-hydroxylation sites is 1. The van der Waals surface area contributed by atoms with Crippen LogP contribution in [-0.2, 0) is 13.0 Å². The molecule has 0 aliphatic rings. The van der Waals surface area contributed by atoms with Crippen molar-refractivity contribution in [2.45, 2.75) is 39.3 Å². The van der Waals surface area contributed by atoms with Crippen LogP contribution < -0.4 is 5.73 Å². The zero-order valence-electron chi connectivity index (χ0n) is 12.5. The van der Waals surface area contributed by atoms with Crippen LogP contribution in [0.5, 0.6) is 0 Å². The second-order valence-corrected chi connectivity index (χ2v) is 5.43. The summed E-state index contributed by atoms with van der Waals surface area (Å²) in [6.45, 7) is 5.04. The third kappa shape index (κ3) is 2.56. The Balaban J connectivity index is 1.88. The second kappa shape index (κ2) is 5.69. The summed E-state index contributed by atoms with van der Waals surface area (Å²) in [5, 5.41) is 9.67. The maximum absolute atomic E-state index is 6.38. The standard InChI is InChI=1S/C16H21N5/c1-3-8-21-11(2)19-20-16(21)14(17)9-12-10-18-15-7-5-4-6-13(12)15/h4-7,10,14,18H,3,8-9,17H2,1-2H3/t14-/m1/s1. The molecule has 0 spiro atoms. The van der Waals surface area contributed by atoms with Crippen molar-refractivity contribution in [2.24, 2.45) is 5.73 Å². The van der Waals surface area contributed by atoms with Crippen molar-refractivity contribution in [2.75, 3.05) is 0 Å². The van der Waals surface area contributed by atoms with Crippen LogP contribution in [0.3, 0.4) is 0 Å². The highest BCUT2D eigenvalue weighted by Crippen LogP contribution is 2.23. The second-order valence-electron chi connectivity index (χ2n) is 5.43. The summed E-state index contributed by atoms with van der Waals surface area (Å²) < 4.78 is 2.12. The number of fused-ring (bicyclic) bond motifs is 1. The van der Waals surface area contributed by atoms with Crippen molar-refractivity contribution in [3.05, 3.63) is 47.7 Å². The molecule has 0 aliphatic carbocycles. The van der Waals surface area contributed by atoms with Crippen LogP contribution in [0.2, 0.25) is 0 Å². The number of nitrogens with one attached hydrogen (secondary N) is 1. The molecule has 0 unspecified atom stereocenters. The van der Waals surface area contributed by atoms with E-state index in [1.165, 1.54) is 10.9 Å². The SMILES string of the molecule is CCCn1c(C)nnc1[C@H](N)Cc1c[nH]c2ccccc12. The molecule has 3 N–H and O–H groups in total. The zero-order valence-corrected chi connectivity index (χ0v) is 12.5. The van der Waals surface area contributed by atoms with Gasteiger partial charge in [0.15, 0.2) is 0 Å². The first-order valence-electron chi connectivity index (χ1n) is 7.41. The van der Waals surface area contributed by atoms with Crippen LogP contribution in [0.15, 0.2) is 30.5 Å². The Morgan fingerprint density at radius 3 is 2.90 bits per heavy atom. The highest BCUT2D eigenvalue weighted by molar-refractivity contribution is 5.83. The summed E-state index contributed by atoms with van der Waals surface area (Å²) in [6.07, 6.45) is 3.84. The van der Waals surface area contributed by atoms with Gasteiger partial charge < -0.3 is 15.3 Å². The molecule has 1 atom stereocenters. The van der Waals surface area contributed by atoms with E-state index >= 15 is 0 Å². The minimum Gasteiger partial charge on any atom is -0.361 e. The third-order valence-electron chi connectivity index (χ3n) is 3.86. The topological polar surface area (TPSA) is 72.5 Å². The molecule has 3 rings (SSSR count). The summed E-state index contributed by atoms with van der Waals surface area (Å²) in [4.78, 5) is 3.29. The lowest BCUT2D eigenvalue weighted by atomic mass is 10.1. The number of hydrogen-bond donors (Lipinski definition) is 2. The van der Waals surface area contributed by atoms with E-state index in [1.54, 1.807) is 0 Å². The van der Waals surface area contributed by atoms with Crippen molar-refractivity contribution in [3.8, 4) is 0 Å². The number of H-pyrrole nitrogens is 1. The average Bonchev–Trinajstić information content (AvgIpc) is 3.05. The van der Waals surface area contributed by atoms with E-state index in [1.807, 2.05) is 19.2 Å². The van der Waals surface area contributed by atoms with Gasteiger partial charge >= 0.3 is 0 Å².